The Balaban J connectivity index is 2.61. The number of benzene rings is 1. The van der Waals surface area contributed by atoms with Crippen molar-refractivity contribution in [1.29, 1.82) is 0 Å². The van der Waals surface area contributed by atoms with E-state index in [1.165, 1.54) is 0 Å². The molecule has 6 heteroatoms. The van der Waals surface area contributed by atoms with Gasteiger partial charge in [0, 0.05) is 10.5 Å². The number of rotatable bonds is 6. The molecule has 0 heterocycles. The van der Waals surface area contributed by atoms with Crippen molar-refractivity contribution in [3.63, 3.8) is 0 Å². The number of aliphatic carboxylic acids is 1. The van der Waals surface area contributed by atoms with Crippen molar-refractivity contribution in [2.75, 3.05) is 0 Å². The maximum Gasteiger partial charge on any atom is 0.315 e. The quantitative estimate of drug-likeness (QED) is 0.731. The monoisotopic (exact) mass is 356 g/mol. The molecule has 0 bridgehead atoms. The van der Waals surface area contributed by atoms with Gasteiger partial charge in [-0.1, -0.05) is 41.9 Å². The molecule has 0 saturated heterocycles. The van der Waals surface area contributed by atoms with Crippen molar-refractivity contribution in [2.45, 2.75) is 39.3 Å². The average Bonchev–Trinajstić information content (AvgIpc) is 2.37. The molecule has 1 rings (SSSR count). The Morgan fingerprint density at radius 2 is 1.90 bits per heavy atom. The molecule has 21 heavy (non-hydrogen) atoms. The molecule has 2 atom stereocenters. The van der Waals surface area contributed by atoms with Gasteiger partial charge < -0.3 is 15.7 Å². The molecule has 116 valence electrons. The Hall–Kier alpha value is -1.56. The lowest BCUT2D eigenvalue weighted by atomic mass is 10.0. The summed E-state index contributed by atoms with van der Waals surface area (Å²) in [5, 5.41) is 14.4. The van der Waals surface area contributed by atoms with E-state index < -0.39 is 12.0 Å². The summed E-state index contributed by atoms with van der Waals surface area (Å²) >= 11 is 3.39. The summed E-state index contributed by atoms with van der Waals surface area (Å²) in [6.07, 6.45) is -0.0870. The van der Waals surface area contributed by atoms with Crippen LogP contribution in [-0.2, 0) is 4.79 Å². The van der Waals surface area contributed by atoms with Crippen LogP contribution in [0.25, 0.3) is 0 Å². The van der Waals surface area contributed by atoms with Crippen molar-refractivity contribution < 1.29 is 14.7 Å². The van der Waals surface area contributed by atoms with Crippen LogP contribution in [0.5, 0.6) is 0 Å². The van der Waals surface area contributed by atoms with Gasteiger partial charge in [-0.25, -0.2) is 4.79 Å². The molecule has 0 aliphatic heterocycles. The molecule has 0 saturated carbocycles. The van der Waals surface area contributed by atoms with Gasteiger partial charge >= 0.3 is 12.0 Å². The molecule has 0 aliphatic carbocycles. The van der Waals surface area contributed by atoms with Crippen LogP contribution in [0, 0.1) is 5.92 Å². The minimum Gasteiger partial charge on any atom is -0.481 e. The summed E-state index contributed by atoms with van der Waals surface area (Å²) in [7, 11) is 0. The molecule has 3 N–H and O–H groups in total. The largest absolute Gasteiger partial charge is 0.481 e. The first-order valence-corrected chi connectivity index (χ1v) is 7.63. The summed E-state index contributed by atoms with van der Waals surface area (Å²) in [6, 6.07) is 6.75. The van der Waals surface area contributed by atoms with Crippen LogP contribution < -0.4 is 10.6 Å². The molecule has 1 aromatic carbocycles. The average molecular weight is 357 g/mol. The lowest BCUT2D eigenvalue weighted by Crippen LogP contribution is -2.46. The number of halogens is 1. The smallest absolute Gasteiger partial charge is 0.315 e. The first-order valence-electron chi connectivity index (χ1n) is 6.84. The zero-order valence-corrected chi connectivity index (χ0v) is 14.0. The fourth-order valence-corrected chi connectivity index (χ4v) is 2.32. The second kappa shape index (κ2) is 8.02. The van der Waals surface area contributed by atoms with Gasteiger partial charge in [0.05, 0.1) is 12.5 Å². The Kier molecular flexibility index (Phi) is 6.68. The Morgan fingerprint density at radius 3 is 2.43 bits per heavy atom. The minimum absolute atomic E-state index is 0.0491. The Morgan fingerprint density at radius 1 is 1.24 bits per heavy atom. The van der Waals surface area contributed by atoms with Crippen LogP contribution in [0.2, 0.25) is 0 Å². The van der Waals surface area contributed by atoms with Gasteiger partial charge in [-0.3, -0.25) is 4.79 Å². The fraction of sp³-hybridized carbons (Fsp3) is 0.467. The second-order valence-electron chi connectivity index (χ2n) is 5.34. The lowest BCUT2D eigenvalue weighted by molar-refractivity contribution is -0.137. The summed E-state index contributed by atoms with van der Waals surface area (Å²) in [5.74, 6) is -0.873. The number of carbonyl (C=O) groups is 2. The molecule has 0 spiro atoms. The van der Waals surface area contributed by atoms with Gasteiger partial charge in [-0.2, -0.15) is 0 Å². The van der Waals surface area contributed by atoms with E-state index in [-0.39, 0.29) is 24.4 Å². The van der Waals surface area contributed by atoms with Gasteiger partial charge in [0.1, 0.15) is 0 Å². The number of nitrogens with one attached hydrogen (secondary N) is 2. The molecule has 0 aliphatic rings. The topological polar surface area (TPSA) is 78.4 Å². The predicted octanol–water partition coefficient (Wildman–Crippen LogP) is 3.31. The van der Waals surface area contributed by atoms with Crippen LogP contribution in [0.4, 0.5) is 4.79 Å². The van der Waals surface area contributed by atoms with E-state index in [1.807, 2.05) is 45.0 Å². The van der Waals surface area contributed by atoms with Gasteiger partial charge in [-0.15, -0.1) is 0 Å². The van der Waals surface area contributed by atoms with Crippen LogP contribution in [-0.4, -0.2) is 23.1 Å². The second-order valence-corrected chi connectivity index (χ2v) is 6.26. The lowest BCUT2D eigenvalue weighted by Gasteiger charge is -2.22. The van der Waals surface area contributed by atoms with Crippen molar-refractivity contribution in [3.8, 4) is 0 Å². The first kappa shape index (κ1) is 17.5. The normalized spacial score (nSPS) is 13.6. The van der Waals surface area contributed by atoms with E-state index in [0.29, 0.717) is 0 Å². The fourth-order valence-electron chi connectivity index (χ4n) is 1.91. The minimum atomic E-state index is -0.922. The molecule has 0 aromatic heterocycles. The van der Waals surface area contributed by atoms with Gasteiger partial charge in [0.2, 0.25) is 0 Å². The van der Waals surface area contributed by atoms with E-state index >= 15 is 0 Å². The number of hydrogen-bond donors (Lipinski definition) is 3. The van der Waals surface area contributed by atoms with Crippen LogP contribution in [0.15, 0.2) is 28.7 Å². The van der Waals surface area contributed by atoms with Crippen LogP contribution in [0.3, 0.4) is 0 Å². The van der Waals surface area contributed by atoms with E-state index in [2.05, 4.69) is 26.6 Å². The highest BCUT2D eigenvalue weighted by atomic mass is 79.9. The highest BCUT2D eigenvalue weighted by Gasteiger charge is 2.20. The van der Waals surface area contributed by atoms with Gasteiger partial charge in [0.15, 0.2) is 0 Å². The molecule has 2 amide bonds. The molecule has 2 unspecified atom stereocenters. The summed E-state index contributed by atoms with van der Waals surface area (Å²) in [5.41, 5.74) is 0.971. The molecule has 0 radical (unpaired) electrons. The van der Waals surface area contributed by atoms with Gasteiger partial charge in [-0.05, 0) is 30.5 Å². The van der Waals surface area contributed by atoms with Crippen molar-refractivity contribution in [1.82, 2.24) is 10.6 Å². The van der Waals surface area contributed by atoms with E-state index in [0.717, 1.165) is 10.0 Å². The van der Waals surface area contributed by atoms with Crippen molar-refractivity contribution >= 4 is 27.9 Å². The molecule has 0 fully saturated rings. The molecule has 5 nitrogen and oxygen atoms in total. The third kappa shape index (κ3) is 6.16. The summed E-state index contributed by atoms with van der Waals surface area (Å²) in [4.78, 5) is 22.8. The van der Waals surface area contributed by atoms with Gasteiger partial charge in [0.25, 0.3) is 0 Å². The standard InChI is InChI=1S/C15H21BrN2O3/c1-9(2)13(8-14(19)20)18-15(21)17-10(3)11-5-4-6-12(16)7-11/h4-7,9-10,13H,8H2,1-3H3,(H,19,20)(H2,17,18,21). The van der Waals surface area contributed by atoms with E-state index in [4.69, 9.17) is 5.11 Å². The Labute approximate surface area is 133 Å². The maximum atomic E-state index is 12.0. The number of urea groups is 1. The highest BCUT2D eigenvalue weighted by Crippen LogP contribution is 2.17. The zero-order valence-electron chi connectivity index (χ0n) is 12.4. The number of carbonyl (C=O) groups excluding carboxylic acids is 1. The Bertz CT molecular complexity index is 505. The van der Waals surface area contributed by atoms with Crippen molar-refractivity contribution in [3.05, 3.63) is 34.3 Å². The number of amides is 2. The number of carboxylic acid groups (broad SMARTS) is 1. The third-order valence-electron chi connectivity index (χ3n) is 3.21. The highest BCUT2D eigenvalue weighted by molar-refractivity contribution is 9.10. The third-order valence-corrected chi connectivity index (χ3v) is 3.71. The molecular weight excluding hydrogens is 336 g/mol. The summed E-state index contributed by atoms with van der Waals surface area (Å²) in [6.45, 7) is 5.64. The molecular formula is C15H21BrN2O3. The first-order chi connectivity index (χ1) is 9.79. The SMILES string of the molecule is CC(NC(=O)NC(CC(=O)O)C(C)C)c1cccc(Br)c1. The van der Waals surface area contributed by atoms with E-state index in [9.17, 15) is 9.59 Å². The maximum absolute atomic E-state index is 12.0. The number of hydrogen-bond acceptors (Lipinski definition) is 2. The van der Waals surface area contributed by atoms with Crippen molar-refractivity contribution in [2.24, 2.45) is 5.92 Å². The zero-order chi connectivity index (χ0) is 16.0. The molecule has 1 aromatic rings. The predicted molar refractivity (Wildman–Crippen MR) is 85.1 cm³/mol. The van der Waals surface area contributed by atoms with E-state index in [1.54, 1.807) is 0 Å². The summed E-state index contributed by atoms with van der Waals surface area (Å²) < 4.78 is 0.944. The number of carboxylic acids is 1. The van der Waals surface area contributed by atoms with Crippen LogP contribution in [0.1, 0.15) is 38.8 Å². The van der Waals surface area contributed by atoms with Crippen LogP contribution >= 0.6 is 15.9 Å².